The van der Waals surface area contributed by atoms with Gasteiger partial charge in [0.15, 0.2) is 5.03 Å². The molecule has 1 aliphatic rings. The minimum atomic E-state index is -3.88. The minimum absolute atomic E-state index is 0.00695. The summed E-state index contributed by atoms with van der Waals surface area (Å²) in [6.45, 7) is 3.43. The molecular weight excluding hydrogens is 400 g/mol. The SMILES string of the molecule is CCN1CCc2cc(N(Cc3ccccc3)S(=O)(=O)c3cn(C)cn3)ccc2C1=O. The lowest BCUT2D eigenvalue weighted by Gasteiger charge is -2.29. The molecule has 0 unspecified atom stereocenters. The van der Waals surface area contributed by atoms with Gasteiger partial charge in [-0.15, -0.1) is 0 Å². The smallest absolute Gasteiger partial charge is 0.283 e. The van der Waals surface area contributed by atoms with Gasteiger partial charge >= 0.3 is 0 Å². The number of likely N-dealkylation sites (N-methyl/N-ethyl adjacent to an activating group) is 1. The van der Waals surface area contributed by atoms with Crippen molar-refractivity contribution in [3.63, 3.8) is 0 Å². The molecule has 0 spiro atoms. The number of hydrogen-bond donors (Lipinski definition) is 0. The van der Waals surface area contributed by atoms with Crippen molar-refractivity contribution in [1.82, 2.24) is 14.5 Å². The summed E-state index contributed by atoms with van der Waals surface area (Å²) in [4.78, 5) is 18.5. The van der Waals surface area contributed by atoms with Crippen LogP contribution in [0.25, 0.3) is 0 Å². The average molecular weight is 425 g/mol. The Balaban J connectivity index is 1.78. The summed E-state index contributed by atoms with van der Waals surface area (Å²) in [5, 5.41) is -0.00751. The number of carbonyl (C=O) groups excluding carboxylic acids is 1. The van der Waals surface area contributed by atoms with Crippen LogP contribution < -0.4 is 4.31 Å². The number of hydrogen-bond acceptors (Lipinski definition) is 4. The van der Waals surface area contributed by atoms with E-state index in [1.165, 1.54) is 16.8 Å². The van der Waals surface area contributed by atoms with Crippen LogP contribution in [0.1, 0.15) is 28.4 Å². The fraction of sp³-hybridized carbons (Fsp3) is 0.273. The number of imidazole rings is 1. The molecule has 0 fully saturated rings. The number of nitrogens with zero attached hydrogens (tertiary/aromatic N) is 4. The van der Waals surface area contributed by atoms with Crippen molar-refractivity contribution >= 4 is 21.6 Å². The van der Waals surface area contributed by atoms with E-state index in [1.807, 2.05) is 43.3 Å². The van der Waals surface area contributed by atoms with E-state index in [1.54, 1.807) is 28.6 Å². The second kappa shape index (κ2) is 7.95. The molecular formula is C22H24N4O3S. The number of rotatable bonds is 6. The van der Waals surface area contributed by atoms with E-state index in [0.29, 0.717) is 30.8 Å². The molecule has 2 aromatic carbocycles. The quantitative estimate of drug-likeness (QED) is 0.610. The summed E-state index contributed by atoms with van der Waals surface area (Å²) in [6, 6.07) is 14.7. The van der Waals surface area contributed by atoms with E-state index in [4.69, 9.17) is 0 Å². The van der Waals surface area contributed by atoms with Gasteiger partial charge in [0.25, 0.3) is 15.9 Å². The lowest BCUT2D eigenvalue weighted by Crippen LogP contribution is -2.37. The molecule has 4 rings (SSSR count). The number of benzene rings is 2. The molecule has 0 atom stereocenters. The molecule has 7 nitrogen and oxygen atoms in total. The summed E-state index contributed by atoms with van der Waals surface area (Å²) in [5.74, 6) is -0.00695. The molecule has 30 heavy (non-hydrogen) atoms. The molecule has 1 aliphatic heterocycles. The topological polar surface area (TPSA) is 75.5 Å². The number of anilines is 1. The standard InChI is InChI=1S/C22H24N4O3S/c1-3-25-12-11-18-13-19(9-10-20(18)22(25)27)26(14-17-7-5-4-6-8-17)30(28,29)21-15-24(2)16-23-21/h4-10,13,15-16H,3,11-12,14H2,1-2H3. The first-order chi connectivity index (χ1) is 14.4. The van der Waals surface area contributed by atoms with E-state index in [9.17, 15) is 13.2 Å². The van der Waals surface area contributed by atoms with Crippen molar-refractivity contribution in [2.45, 2.75) is 24.9 Å². The van der Waals surface area contributed by atoms with Gasteiger partial charge in [0.05, 0.1) is 18.6 Å². The summed E-state index contributed by atoms with van der Waals surface area (Å²) in [7, 11) is -2.15. The van der Waals surface area contributed by atoms with E-state index in [-0.39, 0.29) is 17.5 Å². The molecule has 2 heterocycles. The Morgan fingerprint density at radius 3 is 2.57 bits per heavy atom. The molecule has 0 saturated carbocycles. The van der Waals surface area contributed by atoms with Crippen LogP contribution in [0.15, 0.2) is 66.1 Å². The van der Waals surface area contributed by atoms with Gasteiger partial charge in [0, 0.05) is 31.9 Å². The first-order valence-electron chi connectivity index (χ1n) is 9.87. The van der Waals surface area contributed by atoms with Crippen LogP contribution in [0.3, 0.4) is 0 Å². The van der Waals surface area contributed by atoms with E-state index < -0.39 is 10.0 Å². The third-order valence-corrected chi connectivity index (χ3v) is 6.99. The largest absolute Gasteiger partial charge is 0.339 e. The highest BCUT2D eigenvalue weighted by Gasteiger charge is 2.30. The zero-order valence-electron chi connectivity index (χ0n) is 17.0. The Morgan fingerprint density at radius 2 is 1.90 bits per heavy atom. The van der Waals surface area contributed by atoms with Crippen LogP contribution >= 0.6 is 0 Å². The Bertz CT molecular complexity index is 1170. The Morgan fingerprint density at radius 1 is 1.13 bits per heavy atom. The normalized spacial score (nSPS) is 13.9. The van der Waals surface area contributed by atoms with Crippen LogP contribution in [0.2, 0.25) is 0 Å². The summed E-state index contributed by atoms with van der Waals surface area (Å²) in [5.41, 5.74) is 2.90. The van der Waals surface area contributed by atoms with Gasteiger partial charge in [-0.2, -0.15) is 8.42 Å². The number of amides is 1. The number of carbonyl (C=O) groups is 1. The van der Waals surface area contributed by atoms with Crippen LogP contribution in [0.5, 0.6) is 0 Å². The predicted molar refractivity (Wildman–Crippen MR) is 115 cm³/mol. The Hall–Kier alpha value is -3.13. The summed E-state index contributed by atoms with van der Waals surface area (Å²) in [6.07, 6.45) is 3.67. The van der Waals surface area contributed by atoms with Crippen LogP contribution in [-0.2, 0) is 30.0 Å². The number of sulfonamides is 1. The van der Waals surface area contributed by atoms with Gasteiger partial charge in [-0.3, -0.25) is 9.10 Å². The van der Waals surface area contributed by atoms with Crippen molar-refractivity contribution in [1.29, 1.82) is 0 Å². The molecule has 0 bridgehead atoms. The van der Waals surface area contributed by atoms with Gasteiger partial charge in [0.1, 0.15) is 0 Å². The molecule has 0 saturated heterocycles. The van der Waals surface area contributed by atoms with Crippen LogP contribution in [0, 0.1) is 0 Å². The van der Waals surface area contributed by atoms with Crippen molar-refractivity contribution in [2.24, 2.45) is 7.05 Å². The van der Waals surface area contributed by atoms with Crippen molar-refractivity contribution in [3.05, 3.63) is 77.7 Å². The molecule has 0 N–H and O–H groups in total. The van der Waals surface area contributed by atoms with Crippen molar-refractivity contribution in [3.8, 4) is 0 Å². The lowest BCUT2D eigenvalue weighted by molar-refractivity contribution is 0.0749. The van der Waals surface area contributed by atoms with Gasteiger partial charge in [-0.1, -0.05) is 30.3 Å². The number of fused-ring (bicyclic) bond motifs is 1. The highest BCUT2D eigenvalue weighted by atomic mass is 32.2. The molecule has 3 aromatic rings. The average Bonchev–Trinajstić information content (AvgIpc) is 3.20. The molecule has 0 radical (unpaired) electrons. The second-order valence-electron chi connectivity index (χ2n) is 7.35. The molecule has 8 heteroatoms. The predicted octanol–water partition coefficient (Wildman–Crippen LogP) is 2.83. The van der Waals surface area contributed by atoms with Crippen LogP contribution in [-0.4, -0.2) is 41.9 Å². The zero-order chi connectivity index (χ0) is 21.3. The van der Waals surface area contributed by atoms with Crippen molar-refractivity contribution in [2.75, 3.05) is 17.4 Å². The van der Waals surface area contributed by atoms with Crippen LogP contribution in [0.4, 0.5) is 5.69 Å². The van der Waals surface area contributed by atoms with Gasteiger partial charge in [-0.05, 0) is 42.7 Å². The highest BCUT2D eigenvalue weighted by molar-refractivity contribution is 7.92. The number of aromatic nitrogens is 2. The third-order valence-electron chi connectivity index (χ3n) is 5.33. The summed E-state index contributed by atoms with van der Waals surface area (Å²) < 4.78 is 29.9. The van der Waals surface area contributed by atoms with Gasteiger partial charge in [0.2, 0.25) is 0 Å². The van der Waals surface area contributed by atoms with Gasteiger partial charge in [-0.25, -0.2) is 4.98 Å². The fourth-order valence-electron chi connectivity index (χ4n) is 3.68. The first kappa shape index (κ1) is 20.2. The van der Waals surface area contributed by atoms with E-state index in [0.717, 1.165) is 11.1 Å². The summed E-state index contributed by atoms with van der Waals surface area (Å²) >= 11 is 0. The first-order valence-corrected chi connectivity index (χ1v) is 11.3. The van der Waals surface area contributed by atoms with E-state index >= 15 is 0 Å². The maximum absolute atomic E-state index is 13.5. The monoisotopic (exact) mass is 424 g/mol. The van der Waals surface area contributed by atoms with Crippen molar-refractivity contribution < 1.29 is 13.2 Å². The number of aryl methyl sites for hydroxylation is 1. The van der Waals surface area contributed by atoms with Gasteiger partial charge < -0.3 is 9.47 Å². The maximum Gasteiger partial charge on any atom is 0.283 e. The second-order valence-corrected chi connectivity index (χ2v) is 9.16. The zero-order valence-corrected chi connectivity index (χ0v) is 17.8. The maximum atomic E-state index is 13.5. The van der Waals surface area contributed by atoms with E-state index in [2.05, 4.69) is 4.98 Å². The third kappa shape index (κ3) is 3.70. The molecule has 1 aromatic heterocycles. The Kier molecular flexibility index (Phi) is 5.34. The molecule has 1 amide bonds. The minimum Gasteiger partial charge on any atom is -0.339 e. The molecule has 156 valence electrons. The lowest BCUT2D eigenvalue weighted by atomic mass is 9.98. The highest BCUT2D eigenvalue weighted by Crippen LogP contribution is 2.29. The molecule has 0 aliphatic carbocycles. The fourth-order valence-corrected chi connectivity index (χ4v) is 5.09. The Labute approximate surface area is 176 Å².